The molecular formula is C27H39N5O3. The number of benzene rings is 1. The van der Waals surface area contributed by atoms with E-state index in [2.05, 4.69) is 22.2 Å². The standard InChI is InChI=1S/C27H39N5O3/c1-27(26(34)28-21-7-5-4-6-8-21)19-31-23-18-22(35-3)10-9-20(23)17-24(31)25(33)32(27)16-15-30-13-11-29(2)12-14-30/h9-10,17-18,21H,4-8,11-16,19H2,1-3H3,(H,28,34). The minimum atomic E-state index is -0.955. The Morgan fingerprint density at radius 2 is 1.83 bits per heavy atom. The Kier molecular flexibility index (Phi) is 6.77. The van der Waals surface area contributed by atoms with E-state index in [1.165, 1.54) is 6.42 Å². The molecule has 1 aromatic carbocycles. The number of aromatic nitrogens is 1. The molecule has 0 bridgehead atoms. The summed E-state index contributed by atoms with van der Waals surface area (Å²) < 4.78 is 7.47. The van der Waals surface area contributed by atoms with Crippen molar-refractivity contribution in [3.63, 3.8) is 0 Å². The van der Waals surface area contributed by atoms with Crippen LogP contribution in [0.2, 0.25) is 0 Å². The number of hydrogen-bond donors (Lipinski definition) is 1. The molecule has 8 nitrogen and oxygen atoms in total. The van der Waals surface area contributed by atoms with E-state index in [4.69, 9.17) is 4.74 Å². The number of amides is 2. The van der Waals surface area contributed by atoms with Crippen LogP contribution in [0.15, 0.2) is 24.3 Å². The molecule has 3 aliphatic rings. The summed E-state index contributed by atoms with van der Waals surface area (Å²) in [6.45, 7) is 7.75. The number of likely N-dealkylation sites (N-methyl/N-ethyl adjacent to an activating group) is 1. The first-order valence-electron chi connectivity index (χ1n) is 13.1. The third-order valence-electron chi connectivity index (χ3n) is 8.30. The van der Waals surface area contributed by atoms with Crippen LogP contribution in [0.25, 0.3) is 10.9 Å². The number of carbonyl (C=O) groups is 2. The van der Waals surface area contributed by atoms with Gasteiger partial charge in [0.25, 0.3) is 5.91 Å². The predicted molar refractivity (Wildman–Crippen MR) is 137 cm³/mol. The smallest absolute Gasteiger partial charge is 0.271 e. The number of nitrogens with zero attached hydrogens (tertiary/aromatic N) is 4. The van der Waals surface area contributed by atoms with Crippen molar-refractivity contribution in [2.75, 3.05) is 53.4 Å². The molecule has 1 N–H and O–H groups in total. The number of fused-ring (bicyclic) bond motifs is 3. The second-order valence-electron chi connectivity index (χ2n) is 10.7. The summed E-state index contributed by atoms with van der Waals surface area (Å²) in [4.78, 5) is 34.4. The average Bonchev–Trinajstić information content (AvgIpc) is 3.23. The third kappa shape index (κ3) is 4.66. The molecule has 2 amide bonds. The minimum absolute atomic E-state index is 0.0356. The van der Waals surface area contributed by atoms with E-state index < -0.39 is 5.54 Å². The van der Waals surface area contributed by atoms with Crippen LogP contribution >= 0.6 is 0 Å². The second-order valence-corrected chi connectivity index (χ2v) is 10.7. The fourth-order valence-electron chi connectivity index (χ4n) is 5.91. The van der Waals surface area contributed by atoms with Crippen molar-refractivity contribution in [3.8, 4) is 5.75 Å². The highest BCUT2D eigenvalue weighted by Gasteiger charge is 2.48. The third-order valence-corrected chi connectivity index (χ3v) is 8.30. The number of carbonyl (C=O) groups excluding carboxylic acids is 2. The Bertz CT molecular complexity index is 1080. The van der Waals surface area contributed by atoms with Crippen molar-refractivity contribution in [3.05, 3.63) is 30.0 Å². The average molecular weight is 482 g/mol. The number of methoxy groups -OCH3 is 1. The van der Waals surface area contributed by atoms with E-state index in [0.717, 1.165) is 75.1 Å². The molecule has 3 heterocycles. The van der Waals surface area contributed by atoms with Gasteiger partial charge in [0.15, 0.2) is 0 Å². The molecule has 1 unspecified atom stereocenters. The van der Waals surface area contributed by atoms with Crippen molar-refractivity contribution < 1.29 is 14.3 Å². The molecule has 5 rings (SSSR count). The molecule has 1 aliphatic carbocycles. The van der Waals surface area contributed by atoms with Crippen molar-refractivity contribution >= 4 is 22.7 Å². The lowest BCUT2D eigenvalue weighted by Gasteiger charge is -2.45. The van der Waals surface area contributed by atoms with Crippen molar-refractivity contribution in [1.82, 2.24) is 24.6 Å². The van der Waals surface area contributed by atoms with Gasteiger partial charge in [-0.3, -0.25) is 14.5 Å². The van der Waals surface area contributed by atoms with Crippen LogP contribution in [-0.4, -0.2) is 96.1 Å². The summed E-state index contributed by atoms with van der Waals surface area (Å²) in [5, 5.41) is 4.32. The van der Waals surface area contributed by atoms with Gasteiger partial charge in [-0.2, -0.15) is 0 Å². The number of piperazine rings is 1. The quantitative estimate of drug-likeness (QED) is 0.687. The van der Waals surface area contributed by atoms with E-state index in [9.17, 15) is 9.59 Å². The summed E-state index contributed by atoms with van der Waals surface area (Å²) in [7, 11) is 3.79. The van der Waals surface area contributed by atoms with Gasteiger partial charge in [-0.25, -0.2) is 0 Å². The molecule has 0 spiro atoms. The monoisotopic (exact) mass is 481 g/mol. The van der Waals surface area contributed by atoms with E-state index >= 15 is 0 Å². The van der Waals surface area contributed by atoms with Gasteiger partial charge in [-0.05, 0) is 45.0 Å². The summed E-state index contributed by atoms with van der Waals surface area (Å²) in [5.74, 6) is 0.644. The maximum atomic E-state index is 13.9. The highest BCUT2D eigenvalue weighted by atomic mass is 16.5. The van der Waals surface area contributed by atoms with Gasteiger partial charge in [0.1, 0.15) is 17.0 Å². The van der Waals surface area contributed by atoms with Gasteiger partial charge in [0.05, 0.1) is 19.2 Å². The Balaban J connectivity index is 1.46. The zero-order valence-corrected chi connectivity index (χ0v) is 21.4. The Hall–Kier alpha value is -2.58. The summed E-state index contributed by atoms with van der Waals surface area (Å²) >= 11 is 0. The van der Waals surface area contributed by atoms with Crippen molar-refractivity contribution in [2.24, 2.45) is 0 Å². The summed E-state index contributed by atoms with van der Waals surface area (Å²) in [6.07, 6.45) is 5.58. The van der Waals surface area contributed by atoms with Crippen LogP contribution in [0.4, 0.5) is 0 Å². The first-order chi connectivity index (χ1) is 16.9. The van der Waals surface area contributed by atoms with E-state index in [0.29, 0.717) is 18.8 Å². The molecule has 1 saturated heterocycles. The Labute approximate surface area is 208 Å². The van der Waals surface area contributed by atoms with Crippen LogP contribution in [0, 0.1) is 0 Å². The molecule has 190 valence electrons. The molecule has 1 saturated carbocycles. The van der Waals surface area contributed by atoms with Crippen LogP contribution in [0.1, 0.15) is 49.5 Å². The molecule has 0 radical (unpaired) electrons. The van der Waals surface area contributed by atoms with Crippen molar-refractivity contribution in [2.45, 2.75) is 57.2 Å². The van der Waals surface area contributed by atoms with Gasteiger partial charge in [-0.15, -0.1) is 0 Å². The first-order valence-corrected chi connectivity index (χ1v) is 13.1. The number of nitrogens with one attached hydrogen (secondary N) is 1. The van der Waals surface area contributed by atoms with Gasteiger partial charge in [0, 0.05) is 56.8 Å². The van der Waals surface area contributed by atoms with Crippen molar-refractivity contribution in [1.29, 1.82) is 0 Å². The van der Waals surface area contributed by atoms with Crippen LogP contribution < -0.4 is 10.1 Å². The highest BCUT2D eigenvalue weighted by Crippen LogP contribution is 2.34. The number of rotatable bonds is 6. The topological polar surface area (TPSA) is 70.1 Å². The lowest BCUT2D eigenvalue weighted by molar-refractivity contribution is -0.134. The van der Waals surface area contributed by atoms with E-state index in [1.54, 1.807) is 7.11 Å². The first kappa shape index (κ1) is 24.1. The minimum Gasteiger partial charge on any atom is -0.497 e. The summed E-state index contributed by atoms with van der Waals surface area (Å²) in [6, 6.07) is 8.02. The Morgan fingerprint density at radius 3 is 2.54 bits per heavy atom. The largest absolute Gasteiger partial charge is 0.497 e. The normalized spacial score (nSPS) is 24.5. The second kappa shape index (κ2) is 9.82. The maximum absolute atomic E-state index is 13.9. The van der Waals surface area contributed by atoms with Gasteiger partial charge in [0.2, 0.25) is 5.91 Å². The van der Waals surface area contributed by atoms with E-state index in [1.807, 2.05) is 40.7 Å². The summed E-state index contributed by atoms with van der Waals surface area (Å²) in [5.41, 5.74) is 0.626. The number of ether oxygens (including phenoxy) is 1. The molecule has 35 heavy (non-hydrogen) atoms. The molecule has 2 aliphatic heterocycles. The molecule has 2 fully saturated rings. The lowest BCUT2D eigenvalue weighted by Crippen LogP contribution is -2.66. The van der Waals surface area contributed by atoms with Crippen LogP contribution in [0.5, 0.6) is 5.75 Å². The van der Waals surface area contributed by atoms with Crippen LogP contribution in [-0.2, 0) is 11.3 Å². The highest BCUT2D eigenvalue weighted by molar-refractivity contribution is 6.03. The SMILES string of the molecule is COc1ccc2cc3n(c2c1)CC(C)(C(=O)NC1CCCCC1)N(CCN1CCN(C)CC1)C3=O. The van der Waals surface area contributed by atoms with Gasteiger partial charge in [-0.1, -0.05) is 19.3 Å². The van der Waals surface area contributed by atoms with Gasteiger partial charge >= 0.3 is 0 Å². The van der Waals surface area contributed by atoms with E-state index in [-0.39, 0.29) is 17.9 Å². The molecule has 1 atom stereocenters. The zero-order valence-electron chi connectivity index (χ0n) is 21.4. The molecule has 8 heteroatoms. The number of hydrogen-bond acceptors (Lipinski definition) is 5. The van der Waals surface area contributed by atoms with Gasteiger partial charge < -0.3 is 24.4 Å². The molecular weight excluding hydrogens is 442 g/mol. The molecule has 1 aromatic heterocycles. The maximum Gasteiger partial charge on any atom is 0.271 e. The molecule has 2 aromatic rings. The Morgan fingerprint density at radius 1 is 1.09 bits per heavy atom. The zero-order chi connectivity index (χ0) is 24.6. The fraction of sp³-hybridized carbons (Fsp3) is 0.630. The lowest BCUT2D eigenvalue weighted by atomic mass is 9.91. The predicted octanol–water partition coefficient (Wildman–Crippen LogP) is 2.56. The van der Waals surface area contributed by atoms with Crippen LogP contribution in [0.3, 0.4) is 0 Å². The fourth-order valence-corrected chi connectivity index (χ4v) is 5.91.